The number of carbonyl (C=O) groups is 2. The SMILES string of the molecule is C=C1CCCCN1C(C)(C)C.CC(C)(C)N1CCCC1.CC(C)(C)N1CCCC1=O.CC(C)(C)N1CCOC1=O. The third-order valence-electron chi connectivity index (χ3n) is 7.80. The van der Waals surface area contributed by atoms with Crippen molar-refractivity contribution in [3.63, 3.8) is 0 Å². The first-order valence-electron chi connectivity index (χ1n) is 15.6. The molecule has 0 aliphatic carbocycles. The lowest BCUT2D eigenvalue weighted by atomic mass is 9.99. The molecule has 0 aromatic carbocycles. The minimum atomic E-state index is -0.187. The van der Waals surface area contributed by atoms with Crippen molar-refractivity contribution in [3.8, 4) is 0 Å². The predicted molar refractivity (Wildman–Crippen MR) is 169 cm³/mol. The summed E-state index contributed by atoms with van der Waals surface area (Å²) in [7, 11) is 0. The van der Waals surface area contributed by atoms with Gasteiger partial charge in [0.1, 0.15) is 6.61 Å². The van der Waals surface area contributed by atoms with Crippen molar-refractivity contribution in [2.24, 2.45) is 0 Å². The summed E-state index contributed by atoms with van der Waals surface area (Å²) < 4.78 is 4.78. The van der Waals surface area contributed by atoms with E-state index in [2.05, 4.69) is 78.7 Å². The van der Waals surface area contributed by atoms with E-state index in [0.29, 0.717) is 18.1 Å². The zero-order valence-electron chi connectivity index (χ0n) is 28.4. The van der Waals surface area contributed by atoms with Crippen molar-refractivity contribution in [2.45, 2.75) is 150 Å². The third-order valence-corrected chi connectivity index (χ3v) is 7.80. The van der Waals surface area contributed by atoms with Gasteiger partial charge in [0.2, 0.25) is 5.91 Å². The zero-order valence-corrected chi connectivity index (χ0v) is 28.4. The van der Waals surface area contributed by atoms with Gasteiger partial charge in [-0.1, -0.05) is 6.58 Å². The van der Waals surface area contributed by atoms with Gasteiger partial charge in [0.15, 0.2) is 0 Å². The van der Waals surface area contributed by atoms with Crippen molar-refractivity contribution < 1.29 is 14.3 Å². The second-order valence-electron chi connectivity index (χ2n) is 15.5. The standard InChI is InChI=1S/C10H19N.C8H15NO.C8H17N.C7H13NO2/c1-9-7-5-6-8-11(9)10(2,3)4;1-8(2,3)9-6-4-5-7(9)10;1-8(2,3)9-6-4-5-7-9;1-7(2,3)8-4-5-10-6(8)9/h1,5-8H2,2-4H3;4-6H2,1-3H3;4-7H2,1-3H3;4-5H2,1-3H3. The molecule has 4 aliphatic rings. The van der Waals surface area contributed by atoms with Gasteiger partial charge in [0.05, 0.1) is 6.54 Å². The predicted octanol–water partition coefficient (Wildman–Crippen LogP) is 7.31. The number of nitrogens with zero attached hydrogens (tertiary/aromatic N) is 4. The van der Waals surface area contributed by atoms with Crippen LogP contribution in [-0.2, 0) is 9.53 Å². The second-order valence-corrected chi connectivity index (χ2v) is 15.5. The van der Waals surface area contributed by atoms with E-state index in [1.807, 2.05) is 25.7 Å². The molecule has 0 saturated carbocycles. The van der Waals surface area contributed by atoms with Gasteiger partial charge in [-0.3, -0.25) is 14.6 Å². The Hall–Kier alpha value is -1.76. The number of carbonyl (C=O) groups excluding carboxylic acids is 2. The van der Waals surface area contributed by atoms with Crippen LogP contribution in [0, 0.1) is 0 Å². The molecule has 4 heterocycles. The highest BCUT2D eigenvalue weighted by Gasteiger charge is 2.32. The summed E-state index contributed by atoms with van der Waals surface area (Å²) in [4.78, 5) is 30.7. The number of cyclic esters (lactones) is 1. The first-order chi connectivity index (χ1) is 18.2. The molecule has 0 N–H and O–H groups in total. The lowest BCUT2D eigenvalue weighted by molar-refractivity contribution is -0.131. The molecule has 0 spiro atoms. The van der Waals surface area contributed by atoms with Crippen LogP contribution in [0.5, 0.6) is 0 Å². The molecule has 0 bridgehead atoms. The molecule has 4 aliphatic heterocycles. The van der Waals surface area contributed by atoms with E-state index in [1.165, 1.54) is 57.4 Å². The number of piperidine rings is 1. The van der Waals surface area contributed by atoms with E-state index >= 15 is 0 Å². The molecule has 0 aromatic rings. The fourth-order valence-corrected chi connectivity index (χ4v) is 5.45. The topological polar surface area (TPSA) is 56.3 Å². The number of hydrogen-bond acceptors (Lipinski definition) is 5. The highest BCUT2D eigenvalue weighted by Crippen LogP contribution is 2.26. The lowest BCUT2D eigenvalue weighted by Gasteiger charge is -2.41. The summed E-state index contributed by atoms with van der Waals surface area (Å²) in [5, 5.41) is 0. The Balaban J connectivity index is 0.000000267. The number of hydrogen-bond donors (Lipinski definition) is 0. The fourth-order valence-electron chi connectivity index (χ4n) is 5.45. The quantitative estimate of drug-likeness (QED) is 0.309. The molecule has 2 amide bonds. The molecule has 40 heavy (non-hydrogen) atoms. The second kappa shape index (κ2) is 14.9. The van der Waals surface area contributed by atoms with Crippen LogP contribution in [-0.4, -0.2) is 93.1 Å². The normalized spacial score (nSPS) is 20.8. The van der Waals surface area contributed by atoms with Crippen molar-refractivity contribution in [1.82, 2.24) is 19.6 Å². The van der Waals surface area contributed by atoms with Gasteiger partial charge in [-0.05, 0) is 135 Å². The molecular weight excluding hydrogens is 500 g/mol. The largest absolute Gasteiger partial charge is 0.448 e. The molecular formula is C33H64N4O3. The molecule has 0 atom stereocenters. The van der Waals surface area contributed by atoms with Gasteiger partial charge in [-0.2, -0.15) is 0 Å². The molecule has 7 heteroatoms. The number of rotatable bonds is 0. The van der Waals surface area contributed by atoms with Crippen molar-refractivity contribution >= 4 is 12.0 Å². The monoisotopic (exact) mass is 564 g/mol. The number of allylic oxidation sites excluding steroid dienone is 1. The summed E-state index contributed by atoms with van der Waals surface area (Å²) >= 11 is 0. The van der Waals surface area contributed by atoms with E-state index in [9.17, 15) is 9.59 Å². The Kier molecular flexibility index (Phi) is 13.5. The van der Waals surface area contributed by atoms with Gasteiger partial charge in [-0.25, -0.2) is 4.79 Å². The van der Waals surface area contributed by atoms with E-state index in [-0.39, 0.29) is 22.7 Å². The minimum absolute atomic E-state index is 0.0353. The smallest absolute Gasteiger partial charge is 0.410 e. The van der Waals surface area contributed by atoms with Crippen LogP contribution in [0.15, 0.2) is 12.3 Å². The Morgan fingerprint density at radius 1 is 0.550 bits per heavy atom. The highest BCUT2D eigenvalue weighted by atomic mass is 16.6. The summed E-state index contributed by atoms with van der Waals surface area (Å²) in [6.07, 6.45) is 8.24. The van der Waals surface area contributed by atoms with E-state index < -0.39 is 0 Å². The maximum Gasteiger partial charge on any atom is 0.410 e. The van der Waals surface area contributed by atoms with Gasteiger partial charge in [-0.15, -0.1) is 0 Å². The Morgan fingerprint density at radius 3 is 1.27 bits per heavy atom. The average Bonchev–Trinajstić information content (AvgIpc) is 3.55. The summed E-state index contributed by atoms with van der Waals surface area (Å²) in [6, 6.07) is 0. The summed E-state index contributed by atoms with van der Waals surface area (Å²) in [5.41, 5.74) is 1.96. The molecule has 7 nitrogen and oxygen atoms in total. The van der Waals surface area contributed by atoms with Crippen LogP contribution in [0.2, 0.25) is 0 Å². The van der Waals surface area contributed by atoms with Crippen LogP contribution in [0.3, 0.4) is 0 Å². The van der Waals surface area contributed by atoms with Crippen molar-refractivity contribution in [3.05, 3.63) is 12.3 Å². The molecule has 234 valence electrons. The van der Waals surface area contributed by atoms with Crippen LogP contribution in [0.1, 0.15) is 128 Å². The average molecular weight is 565 g/mol. The summed E-state index contributed by atoms with van der Waals surface area (Å²) in [6.45, 7) is 36.0. The van der Waals surface area contributed by atoms with Gasteiger partial charge in [0.25, 0.3) is 0 Å². The first kappa shape index (κ1) is 36.3. The maximum absolute atomic E-state index is 11.1. The van der Waals surface area contributed by atoms with E-state index in [1.54, 1.807) is 4.90 Å². The van der Waals surface area contributed by atoms with E-state index in [0.717, 1.165) is 25.9 Å². The Labute approximate surface area is 247 Å². The molecule has 0 unspecified atom stereocenters. The van der Waals surface area contributed by atoms with Crippen LogP contribution >= 0.6 is 0 Å². The van der Waals surface area contributed by atoms with E-state index in [4.69, 9.17) is 4.74 Å². The Morgan fingerprint density at radius 2 is 1.02 bits per heavy atom. The van der Waals surface area contributed by atoms with Gasteiger partial charge >= 0.3 is 6.09 Å². The highest BCUT2D eigenvalue weighted by molar-refractivity contribution is 5.78. The van der Waals surface area contributed by atoms with Crippen LogP contribution in [0.25, 0.3) is 0 Å². The minimum Gasteiger partial charge on any atom is -0.448 e. The maximum atomic E-state index is 11.1. The number of likely N-dealkylation sites (tertiary alicyclic amines) is 3. The number of amides is 2. The fraction of sp³-hybridized carbons (Fsp3) is 0.879. The summed E-state index contributed by atoms with van der Waals surface area (Å²) in [5.74, 6) is 0.313. The third kappa shape index (κ3) is 12.4. The van der Waals surface area contributed by atoms with Gasteiger partial charge in [0, 0.05) is 47.4 Å². The Bertz CT molecular complexity index is 770. The lowest BCUT2D eigenvalue weighted by Crippen LogP contribution is -2.42. The van der Waals surface area contributed by atoms with Crippen LogP contribution < -0.4 is 0 Å². The van der Waals surface area contributed by atoms with Crippen molar-refractivity contribution in [1.29, 1.82) is 0 Å². The zero-order chi connectivity index (χ0) is 30.9. The number of ether oxygens (including phenoxy) is 1. The molecule has 4 saturated heterocycles. The van der Waals surface area contributed by atoms with Gasteiger partial charge < -0.3 is 14.5 Å². The molecule has 4 rings (SSSR count). The molecule has 0 radical (unpaired) electrons. The van der Waals surface area contributed by atoms with Crippen LogP contribution in [0.4, 0.5) is 4.79 Å². The first-order valence-corrected chi connectivity index (χ1v) is 15.6. The molecule has 0 aromatic heterocycles. The van der Waals surface area contributed by atoms with Crippen molar-refractivity contribution in [2.75, 3.05) is 39.3 Å². The molecule has 4 fully saturated rings.